The number of anilines is 1. The van der Waals surface area contributed by atoms with Crippen molar-refractivity contribution in [3.63, 3.8) is 0 Å². The topological polar surface area (TPSA) is 104 Å². The van der Waals surface area contributed by atoms with Crippen LogP contribution < -0.4 is 14.4 Å². The molecule has 9 nitrogen and oxygen atoms in total. The fourth-order valence-corrected chi connectivity index (χ4v) is 8.01. The number of hydrogen-bond acceptors (Lipinski definition) is 9. The lowest BCUT2D eigenvalue weighted by Crippen LogP contribution is -2.50. The third-order valence-corrected chi connectivity index (χ3v) is 10.1. The molecule has 0 bridgehead atoms. The Morgan fingerprint density at radius 3 is 2.58 bits per heavy atom. The number of pyridine rings is 1. The van der Waals surface area contributed by atoms with Gasteiger partial charge in [-0.2, -0.15) is 9.97 Å². The highest BCUT2D eigenvalue weighted by Crippen LogP contribution is 2.48. The smallest absolute Gasteiger partial charge is 0.319 e. The van der Waals surface area contributed by atoms with E-state index in [1.54, 1.807) is 0 Å². The number of aliphatic hydroxyl groups is 1. The Morgan fingerprint density at radius 2 is 1.83 bits per heavy atom. The third kappa shape index (κ3) is 5.83. The molecule has 4 aromatic rings. The summed E-state index contributed by atoms with van der Waals surface area (Å²) in [5, 5.41) is 22.0. The second-order valence-electron chi connectivity index (χ2n) is 12.9. The number of phenolic OH excluding ortho intramolecular Hbond substituents is 1. The highest BCUT2D eigenvalue weighted by Gasteiger charge is 2.47. The number of alkyl halides is 1. The summed E-state index contributed by atoms with van der Waals surface area (Å²) >= 11 is 0. The largest absolute Gasteiger partial charge is 0.508 e. The number of aromatic nitrogens is 3. The molecule has 254 valence electrons. The first-order valence-corrected chi connectivity index (χ1v) is 16.2. The van der Waals surface area contributed by atoms with Gasteiger partial charge in [-0.25, -0.2) is 13.8 Å². The van der Waals surface area contributed by atoms with Crippen LogP contribution in [0.1, 0.15) is 50.5 Å². The molecule has 2 aromatic heterocycles. The second-order valence-corrected chi connectivity index (χ2v) is 12.9. The van der Waals surface area contributed by atoms with Crippen molar-refractivity contribution in [2.75, 3.05) is 52.5 Å². The van der Waals surface area contributed by atoms with E-state index >= 15 is 4.39 Å². The number of nitrogens with zero attached hydrogens (tertiary/aromatic N) is 5. The van der Waals surface area contributed by atoms with Crippen molar-refractivity contribution in [1.29, 1.82) is 0 Å². The van der Waals surface area contributed by atoms with Gasteiger partial charge < -0.3 is 29.5 Å². The number of β-amino-alcohol motifs (C(OH)–C–C–N with tert-alkyl or cyclic N) is 1. The third-order valence-electron chi connectivity index (χ3n) is 10.1. The van der Waals surface area contributed by atoms with Crippen LogP contribution in [0.25, 0.3) is 32.9 Å². The maximum absolute atomic E-state index is 17.0. The molecule has 0 amide bonds. The van der Waals surface area contributed by atoms with E-state index in [0.29, 0.717) is 50.4 Å². The van der Waals surface area contributed by atoms with Crippen molar-refractivity contribution < 1.29 is 32.9 Å². The number of halogens is 3. The molecule has 48 heavy (non-hydrogen) atoms. The van der Waals surface area contributed by atoms with Crippen LogP contribution >= 0.6 is 0 Å². The maximum Gasteiger partial charge on any atom is 0.319 e. The lowest BCUT2D eigenvalue weighted by atomic mass is 9.76. The number of terminal acetylenes is 1. The lowest BCUT2D eigenvalue weighted by molar-refractivity contribution is 0.0133. The van der Waals surface area contributed by atoms with Gasteiger partial charge in [0.1, 0.15) is 34.0 Å². The number of benzene rings is 2. The second kappa shape index (κ2) is 13.6. The van der Waals surface area contributed by atoms with E-state index in [9.17, 15) is 19.0 Å². The van der Waals surface area contributed by atoms with Gasteiger partial charge in [-0.1, -0.05) is 18.4 Å². The van der Waals surface area contributed by atoms with Crippen LogP contribution in [0.15, 0.2) is 24.3 Å². The van der Waals surface area contributed by atoms with Crippen molar-refractivity contribution in [2.45, 2.75) is 57.1 Å². The molecule has 0 spiro atoms. The number of hydrogen-bond donors (Lipinski definition) is 2. The molecular weight excluding hydrogens is 623 g/mol. The first kappa shape index (κ1) is 33.6. The number of rotatable bonds is 6. The predicted molar refractivity (Wildman–Crippen MR) is 178 cm³/mol. The number of fused-ring (bicyclic) bond motifs is 3. The van der Waals surface area contributed by atoms with Crippen LogP contribution in [0, 0.1) is 29.4 Å². The van der Waals surface area contributed by atoms with Crippen molar-refractivity contribution >= 4 is 27.5 Å². The predicted octanol–water partition coefficient (Wildman–Crippen LogP) is 6.01. The standard InChI is InChI=1S/C35H37F2N5O4.CH3F/c1-4-23-25(36)11-10-20-16-22(44)17-24(27(20)23)30-29(37)31-28(33(38-30)45-3)32(42-15-6-8-21(43)18-42)40-34(39-31)46-19-35-12-5-9-26(35)41(2)14-7-13-35;1-2/h1,10-11,16-17,21,26,43-44H,5-9,12-15,18-19H2,2-3H3;1H3. The lowest BCUT2D eigenvalue weighted by Gasteiger charge is -2.44. The van der Waals surface area contributed by atoms with E-state index in [1.807, 2.05) is 4.90 Å². The van der Waals surface area contributed by atoms with Gasteiger partial charge in [0.2, 0.25) is 5.88 Å². The summed E-state index contributed by atoms with van der Waals surface area (Å²) in [7, 11) is 4.07. The summed E-state index contributed by atoms with van der Waals surface area (Å²) in [5.74, 6) is 1.11. The van der Waals surface area contributed by atoms with Gasteiger partial charge >= 0.3 is 6.01 Å². The molecule has 4 heterocycles. The normalized spacial score (nSPS) is 22.6. The monoisotopic (exact) mass is 663 g/mol. The molecule has 3 aliphatic rings. The van der Waals surface area contributed by atoms with Crippen LogP contribution in [0.2, 0.25) is 0 Å². The maximum atomic E-state index is 17.0. The number of likely N-dealkylation sites (tertiary alicyclic amines) is 1. The average Bonchev–Trinajstić information content (AvgIpc) is 3.54. The van der Waals surface area contributed by atoms with Gasteiger partial charge in [0.05, 0.1) is 32.6 Å². The van der Waals surface area contributed by atoms with Crippen molar-refractivity contribution in [3.8, 4) is 41.2 Å². The molecule has 2 aliphatic heterocycles. The molecule has 2 aromatic carbocycles. The molecule has 2 N–H and O–H groups in total. The molecule has 1 saturated carbocycles. The van der Waals surface area contributed by atoms with Crippen LogP contribution in [-0.4, -0.2) is 89.8 Å². The highest BCUT2D eigenvalue weighted by molar-refractivity contribution is 6.04. The molecule has 3 unspecified atom stereocenters. The Kier molecular flexibility index (Phi) is 9.54. The van der Waals surface area contributed by atoms with Crippen LogP contribution in [0.4, 0.5) is 19.0 Å². The zero-order valence-corrected chi connectivity index (χ0v) is 27.4. The number of ether oxygens (including phenoxy) is 2. The van der Waals surface area contributed by atoms with E-state index in [1.165, 1.54) is 31.4 Å². The minimum absolute atomic E-state index is 0.0186. The SMILES string of the molecule is C#Cc1c(F)ccc2cc(O)cc(-c3nc(OC)c4c(N5CCCC(O)C5)nc(OCC56CCCC5N(C)CCC6)nc4c3F)c12.CF. The van der Waals surface area contributed by atoms with Crippen LogP contribution in [0.3, 0.4) is 0 Å². The Bertz CT molecular complexity index is 1890. The number of methoxy groups -OCH3 is 1. The summed E-state index contributed by atoms with van der Waals surface area (Å²) in [4.78, 5) is 18.2. The number of phenols is 1. The van der Waals surface area contributed by atoms with Gasteiger partial charge in [0.25, 0.3) is 0 Å². The first-order valence-electron chi connectivity index (χ1n) is 16.2. The van der Waals surface area contributed by atoms with Crippen LogP contribution in [-0.2, 0) is 0 Å². The quantitative estimate of drug-likeness (QED) is 0.240. The Labute approximate surface area is 277 Å². The minimum atomic E-state index is -0.824. The highest BCUT2D eigenvalue weighted by atomic mass is 19.1. The van der Waals surface area contributed by atoms with E-state index in [-0.39, 0.29) is 62.7 Å². The minimum Gasteiger partial charge on any atom is -0.508 e. The van der Waals surface area contributed by atoms with Gasteiger partial charge in [-0.15, -0.1) is 6.42 Å². The molecule has 2 saturated heterocycles. The number of aromatic hydroxyl groups is 1. The Morgan fingerprint density at radius 1 is 1.04 bits per heavy atom. The molecule has 3 fully saturated rings. The van der Waals surface area contributed by atoms with E-state index < -0.39 is 17.7 Å². The summed E-state index contributed by atoms with van der Waals surface area (Å²) in [6.07, 6.45) is 11.8. The zero-order chi connectivity index (χ0) is 34.2. The van der Waals surface area contributed by atoms with Gasteiger partial charge in [0.15, 0.2) is 5.82 Å². The van der Waals surface area contributed by atoms with E-state index in [2.05, 4.69) is 27.8 Å². The summed E-state index contributed by atoms with van der Waals surface area (Å²) < 4.78 is 53.5. The summed E-state index contributed by atoms with van der Waals surface area (Å²) in [5.41, 5.74) is -0.342. The summed E-state index contributed by atoms with van der Waals surface area (Å²) in [6, 6.07) is 5.83. The fraction of sp³-hybridized carbons (Fsp3) is 0.472. The van der Waals surface area contributed by atoms with Gasteiger partial charge in [0, 0.05) is 35.5 Å². The van der Waals surface area contributed by atoms with Crippen LogP contribution in [0.5, 0.6) is 17.6 Å². The van der Waals surface area contributed by atoms with Gasteiger partial charge in [-0.05, 0) is 75.7 Å². The number of piperidine rings is 2. The van der Waals surface area contributed by atoms with Gasteiger partial charge in [-0.3, -0.25) is 4.39 Å². The Balaban J connectivity index is 0.00000197. The van der Waals surface area contributed by atoms with Crippen molar-refractivity contribution in [3.05, 3.63) is 41.5 Å². The fourth-order valence-electron chi connectivity index (χ4n) is 8.01. The Hall–Kier alpha value is -4.34. The van der Waals surface area contributed by atoms with Crippen molar-refractivity contribution in [1.82, 2.24) is 19.9 Å². The molecule has 12 heteroatoms. The molecule has 0 radical (unpaired) electrons. The van der Waals surface area contributed by atoms with Crippen molar-refractivity contribution in [2.24, 2.45) is 5.41 Å². The van der Waals surface area contributed by atoms with E-state index in [4.69, 9.17) is 20.9 Å². The summed E-state index contributed by atoms with van der Waals surface area (Å²) in [6.45, 7) is 2.31. The molecule has 1 aliphatic carbocycles. The molecule has 7 rings (SSSR count). The zero-order valence-electron chi connectivity index (χ0n) is 27.4. The first-order chi connectivity index (χ1) is 23.2. The number of aliphatic hydroxyl groups excluding tert-OH is 1. The molecular formula is C36H40F3N5O4. The average molecular weight is 664 g/mol. The molecule has 3 atom stereocenters. The van der Waals surface area contributed by atoms with E-state index in [0.717, 1.165) is 38.6 Å².